The van der Waals surface area contributed by atoms with Gasteiger partial charge in [0.15, 0.2) is 11.5 Å². The molecule has 12 heteroatoms. The number of anilines is 2. The molecule has 0 fully saturated rings. The Morgan fingerprint density at radius 2 is 1.82 bits per heavy atom. The van der Waals surface area contributed by atoms with Gasteiger partial charge in [-0.25, -0.2) is 9.37 Å². The molecule has 0 aliphatic heterocycles. The van der Waals surface area contributed by atoms with Crippen LogP contribution in [0.3, 0.4) is 0 Å². The van der Waals surface area contributed by atoms with Gasteiger partial charge in [0, 0.05) is 30.1 Å². The molecule has 3 aromatic rings. The van der Waals surface area contributed by atoms with Gasteiger partial charge in [0.25, 0.3) is 5.90 Å². The predicted octanol–water partition coefficient (Wildman–Crippen LogP) is 1.92. The number of carbonyl (C=O) groups is 1. The van der Waals surface area contributed by atoms with E-state index in [2.05, 4.69) is 20.6 Å². The van der Waals surface area contributed by atoms with Crippen molar-refractivity contribution in [2.45, 2.75) is 0 Å². The van der Waals surface area contributed by atoms with Crippen LogP contribution in [0.1, 0.15) is 5.56 Å². The summed E-state index contributed by atoms with van der Waals surface area (Å²) in [6, 6.07) is 8.46. The van der Waals surface area contributed by atoms with Crippen LogP contribution in [0, 0.1) is 16.6 Å². The molecule has 0 saturated carbocycles. The van der Waals surface area contributed by atoms with Gasteiger partial charge in [-0.3, -0.25) is 15.6 Å². The molecule has 2 aromatic carbocycles. The molecule has 0 saturated heterocycles. The van der Waals surface area contributed by atoms with Gasteiger partial charge >= 0.3 is 5.91 Å². The minimum atomic E-state index is -0.839. The number of nitrogens with zero attached hydrogens (tertiary/aromatic N) is 2. The molecule has 11 nitrogen and oxygen atoms in total. The quantitative estimate of drug-likeness (QED) is 0.204. The zero-order chi connectivity index (χ0) is 24.0. The number of halogens is 1. The summed E-state index contributed by atoms with van der Waals surface area (Å²) < 4.78 is 28.6. The van der Waals surface area contributed by atoms with E-state index in [0.717, 1.165) is 6.07 Å². The van der Waals surface area contributed by atoms with Crippen molar-refractivity contribution in [1.29, 1.82) is 10.8 Å². The van der Waals surface area contributed by atoms with E-state index in [9.17, 15) is 9.18 Å². The first-order valence-electron chi connectivity index (χ1n) is 9.64. The van der Waals surface area contributed by atoms with E-state index >= 15 is 0 Å². The fraction of sp³-hybridized carbons (Fsp3) is 0.190. The van der Waals surface area contributed by atoms with Crippen LogP contribution in [0.5, 0.6) is 11.5 Å². The number of rotatable bonds is 7. The predicted molar refractivity (Wildman–Crippen MR) is 121 cm³/mol. The molecule has 0 bridgehead atoms. The van der Waals surface area contributed by atoms with Crippen LogP contribution in [-0.2, 0) is 9.53 Å². The Balaban J connectivity index is 1.54. The summed E-state index contributed by atoms with van der Waals surface area (Å²) in [5.41, 5.74) is 6.67. The maximum absolute atomic E-state index is 13.2. The standard InChI is InChI=1S/C21H22FN7O4/c1-31-15-9-13-14(10-16(15)32-2)28-21(29-17(13)23)27-7-6-26-20(30)19(25)33-18(24)11-4-3-5-12(22)8-11/h3-5,8-10,24-25H,6-7H2,1-2H3,(H,26,30)(H3,23,27,28,29). The van der Waals surface area contributed by atoms with E-state index < -0.39 is 23.5 Å². The Kier molecular flexibility index (Phi) is 7.18. The normalized spacial score (nSPS) is 10.4. The molecule has 0 radical (unpaired) electrons. The van der Waals surface area contributed by atoms with E-state index in [1.165, 1.54) is 32.4 Å². The molecular weight excluding hydrogens is 433 g/mol. The number of amides is 1. The number of nitrogens with one attached hydrogen (secondary N) is 4. The summed E-state index contributed by atoms with van der Waals surface area (Å²) in [4.78, 5) is 20.6. The molecule has 1 amide bonds. The first-order chi connectivity index (χ1) is 15.8. The summed E-state index contributed by atoms with van der Waals surface area (Å²) in [5, 5.41) is 21.4. The fourth-order valence-electron chi connectivity index (χ4n) is 2.83. The minimum absolute atomic E-state index is 0.102. The van der Waals surface area contributed by atoms with E-state index in [1.807, 2.05) is 0 Å². The van der Waals surface area contributed by atoms with Crippen molar-refractivity contribution in [1.82, 2.24) is 15.3 Å². The summed E-state index contributed by atoms with van der Waals surface area (Å²) in [7, 11) is 3.02. The molecule has 1 heterocycles. The Labute approximate surface area is 188 Å². The fourth-order valence-corrected chi connectivity index (χ4v) is 2.83. The highest BCUT2D eigenvalue weighted by atomic mass is 19.1. The molecule has 1 aromatic heterocycles. The Hall–Kier alpha value is -4.48. The second-order valence-corrected chi connectivity index (χ2v) is 6.61. The van der Waals surface area contributed by atoms with E-state index in [0.29, 0.717) is 22.4 Å². The average Bonchev–Trinajstić information content (AvgIpc) is 2.80. The number of nitrogen functional groups attached to an aromatic ring is 1. The van der Waals surface area contributed by atoms with Crippen LogP contribution in [-0.4, -0.2) is 55.0 Å². The number of hydrogen-bond donors (Lipinski definition) is 5. The molecule has 33 heavy (non-hydrogen) atoms. The van der Waals surface area contributed by atoms with Crippen molar-refractivity contribution in [3.63, 3.8) is 0 Å². The number of carbonyl (C=O) groups excluding carboxylic acids is 1. The van der Waals surface area contributed by atoms with Crippen molar-refractivity contribution >= 4 is 40.4 Å². The molecule has 0 atom stereocenters. The van der Waals surface area contributed by atoms with E-state index in [1.54, 1.807) is 12.1 Å². The van der Waals surface area contributed by atoms with Crippen LogP contribution in [0.25, 0.3) is 10.9 Å². The second-order valence-electron chi connectivity index (χ2n) is 6.61. The smallest absolute Gasteiger partial charge is 0.306 e. The van der Waals surface area contributed by atoms with Gasteiger partial charge in [-0.05, 0) is 24.3 Å². The highest BCUT2D eigenvalue weighted by molar-refractivity contribution is 6.36. The van der Waals surface area contributed by atoms with Gasteiger partial charge in [-0.1, -0.05) is 6.07 Å². The van der Waals surface area contributed by atoms with Gasteiger partial charge in [0.1, 0.15) is 11.6 Å². The SMILES string of the molecule is COc1cc2nc(NCCNC(=O)C(=N)OC(=N)c3cccc(F)c3)nc(N)c2cc1OC. The Bertz CT molecular complexity index is 1220. The zero-order valence-corrected chi connectivity index (χ0v) is 17.9. The Morgan fingerprint density at radius 3 is 2.52 bits per heavy atom. The number of aromatic nitrogens is 2. The maximum atomic E-state index is 13.2. The number of hydrogen-bond acceptors (Lipinski definition) is 10. The van der Waals surface area contributed by atoms with Crippen LogP contribution in [0.2, 0.25) is 0 Å². The van der Waals surface area contributed by atoms with Crippen molar-refractivity contribution in [2.24, 2.45) is 0 Å². The summed E-state index contributed by atoms with van der Waals surface area (Å²) in [6.45, 7) is 0.323. The van der Waals surface area contributed by atoms with E-state index in [-0.39, 0.29) is 30.4 Å². The molecule has 3 rings (SSSR count). The number of fused-ring (bicyclic) bond motifs is 1. The number of benzene rings is 2. The van der Waals surface area contributed by atoms with Gasteiger partial charge in [0.05, 0.1) is 19.7 Å². The lowest BCUT2D eigenvalue weighted by Gasteiger charge is -2.12. The zero-order valence-electron chi connectivity index (χ0n) is 17.9. The molecule has 6 N–H and O–H groups in total. The molecule has 0 spiro atoms. The number of nitrogens with two attached hydrogens (primary N) is 1. The van der Waals surface area contributed by atoms with Crippen molar-refractivity contribution < 1.29 is 23.4 Å². The second kappa shape index (κ2) is 10.2. The largest absolute Gasteiger partial charge is 0.493 e. The van der Waals surface area contributed by atoms with Crippen molar-refractivity contribution in [3.8, 4) is 11.5 Å². The van der Waals surface area contributed by atoms with Crippen LogP contribution < -0.4 is 25.8 Å². The lowest BCUT2D eigenvalue weighted by molar-refractivity contribution is -0.115. The minimum Gasteiger partial charge on any atom is -0.493 e. The van der Waals surface area contributed by atoms with Crippen LogP contribution >= 0.6 is 0 Å². The monoisotopic (exact) mass is 455 g/mol. The van der Waals surface area contributed by atoms with Gasteiger partial charge in [-0.2, -0.15) is 4.98 Å². The molecule has 172 valence electrons. The lowest BCUT2D eigenvalue weighted by Crippen LogP contribution is -2.36. The summed E-state index contributed by atoms with van der Waals surface area (Å²) >= 11 is 0. The third kappa shape index (κ3) is 5.61. The number of methoxy groups -OCH3 is 2. The lowest BCUT2D eigenvalue weighted by atomic mass is 10.2. The van der Waals surface area contributed by atoms with Gasteiger partial charge in [0.2, 0.25) is 11.8 Å². The van der Waals surface area contributed by atoms with Crippen LogP contribution in [0.15, 0.2) is 36.4 Å². The van der Waals surface area contributed by atoms with E-state index in [4.69, 9.17) is 30.8 Å². The van der Waals surface area contributed by atoms with Crippen molar-refractivity contribution in [3.05, 3.63) is 47.8 Å². The third-order valence-corrected chi connectivity index (χ3v) is 4.42. The molecule has 0 unspecified atom stereocenters. The third-order valence-electron chi connectivity index (χ3n) is 4.42. The molecule has 0 aliphatic carbocycles. The molecular formula is C21H22FN7O4. The maximum Gasteiger partial charge on any atom is 0.306 e. The molecule has 0 aliphatic rings. The number of ether oxygens (including phenoxy) is 3. The first-order valence-corrected chi connectivity index (χ1v) is 9.64. The van der Waals surface area contributed by atoms with Crippen molar-refractivity contribution in [2.75, 3.05) is 38.4 Å². The summed E-state index contributed by atoms with van der Waals surface area (Å²) in [5.74, 6) is -1.25. The van der Waals surface area contributed by atoms with Crippen LogP contribution in [0.4, 0.5) is 16.2 Å². The van der Waals surface area contributed by atoms with Gasteiger partial charge in [-0.15, -0.1) is 0 Å². The van der Waals surface area contributed by atoms with Gasteiger partial charge < -0.3 is 30.6 Å². The summed E-state index contributed by atoms with van der Waals surface area (Å²) in [6.07, 6.45) is 0. The Morgan fingerprint density at radius 1 is 1.09 bits per heavy atom. The highest BCUT2D eigenvalue weighted by Gasteiger charge is 2.15. The highest BCUT2D eigenvalue weighted by Crippen LogP contribution is 2.33. The first kappa shape index (κ1) is 23.2. The average molecular weight is 455 g/mol. The topological polar surface area (TPSA) is 168 Å².